The van der Waals surface area contributed by atoms with Gasteiger partial charge in [-0.15, -0.1) is 0 Å². The molecule has 1 fully saturated rings. The fraction of sp³-hybridized carbons (Fsp3) is 0.391. The summed E-state index contributed by atoms with van der Waals surface area (Å²) in [7, 11) is 0. The van der Waals surface area contributed by atoms with Gasteiger partial charge in [0.15, 0.2) is 0 Å². The van der Waals surface area contributed by atoms with Gasteiger partial charge in [0.25, 0.3) is 5.91 Å². The highest BCUT2D eigenvalue weighted by atomic mass is 16.5. The van der Waals surface area contributed by atoms with Gasteiger partial charge in [-0.25, -0.2) is 0 Å². The SMILES string of the molecule is Cc1ccc2c(c1)OC(C)(C)CC2NC(=O)c1ccc(N2CCCC2=O)cc1. The molecule has 2 heterocycles. The number of hydrogen-bond acceptors (Lipinski definition) is 3. The summed E-state index contributed by atoms with van der Waals surface area (Å²) in [5.74, 6) is 0.867. The van der Waals surface area contributed by atoms with Crippen LogP contribution in [0.2, 0.25) is 0 Å². The van der Waals surface area contributed by atoms with Crippen LogP contribution in [0.15, 0.2) is 42.5 Å². The first-order valence-corrected chi connectivity index (χ1v) is 9.83. The zero-order valence-electron chi connectivity index (χ0n) is 16.6. The first kappa shape index (κ1) is 18.5. The summed E-state index contributed by atoms with van der Waals surface area (Å²) in [4.78, 5) is 26.5. The number of amides is 2. The van der Waals surface area contributed by atoms with Crippen molar-refractivity contribution >= 4 is 17.5 Å². The van der Waals surface area contributed by atoms with Crippen molar-refractivity contribution in [3.8, 4) is 5.75 Å². The Labute approximate surface area is 165 Å². The van der Waals surface area contributed by atoms with Crippen LogP contribution in [0.4, 0.5) is 5.69 Å². The Morgan fingerprint density at radius 1 is 1.18 bits per heavy atom. The molecule has 1 unspecified atom stereocenters. The smallest absolute Gasteiger partial charge is 0.251 e. The molecular formula is C23H26N2O3. The highest BCUT2D eigenvalue weighted by molar-refractivity contribution is 5.97. The van der Waals surface area contributed by atoms with Crippen molar-refractivity contribution < 1.29 is 14.3 Å². The van der Waals surface area contributed by atoms with E-state index in [1.165, 1.54) is 0 Å². The average Bonchev–Trinajstić information content (AvgIpc) is 3.06. The van der Waals surface area contributed by atoms with Crippen molar-refractivity contribution in [1.82, 2.24) is 5.32 Å². The summed E-state index contributed by atoms with van der Waals surface area (Å²) in [6, 6.07) is 13.3. The number of carbonyl (C=O) groups is 2. The number of benzene rings is 2. The number of ether oxygens (including phenoxy) is 1. The molecule has 28 heavy (non-hydrogen) atoms. The third-order valence-corrected chi connectivity index (χ3v) is 5.45. The maximum atomic E-state index is 12.9. The minimum Gasteiger partial charge on any atom is -0.487 e. The Bertz CT molecular complexity index is 918. The summed E-state index contributed by atoms with van der Waals surface area (Å²) in [6.07, 6.45) is 2.19. The van der Waals surface area contributed by atoms with E-state index in [1.54, 1.807) is 17.0 Å². The Hall–Kier alpha value is -2.82. The van der Waals surface area contributed by atoms with Crippen molar-refractivity contribution in [2.45, 2.75) is 51.7 Å². The van der Waals surface area contributed by atoms with Gasteiger partial charge in [0.2, 0.25) is 5.91 Å². The van der Waals surface area contributed by atoms with E-state index in [0.717, 1.165) is 35.5 Å². The van der Waals surface area contributed by atoms with Gasteiger partial charge >= 0.3 is 0 Å². The molecule has 4 rings (SSSR count). The standard InChI is InChI=1S/C23H26N2O3/c1-15-6-11-18-19(14-23(2,3)28-20(18)13-15)24-22(27)16-7-9-17(10-8-16)25-12-4-5-21(25)26/h6-11,13,19H,4-5,12,14H2,1-3H3,(H,24,27). The van der Waals surface area contributed by atoms with E-state index in [1.807, 2.05) is 51.1 Å². The van der Waals surface area contributed by atoms with E-state index >= 15 is 0 Å². The second-order valence-corrected chi connectivity index (χ2v) is 8.33. The number of fused-ring (bicyclic) bond motifs is 1. The predicted molar refractivity (Wildman–Crippen MR) is 109 cm³/mol. The van der Waals surface area contributed by atoms with Crippen LogP contribution in [0.1, 0.15) is 60.6 Å². The Kier molecular flexibility index (Phi) is 4.61. The molecule has 0 spiro atoms. The molecule has 2 aromatic rings. The van der Waals surface area contributed by atoms with Crippen molar-refractivity contribution in [3.63, 3.8) is 0 Å². The lowest BCUT2D eigenvalue weighted by Crippen LogP contribution is -2.41. The molecule has 0 bridgehead atoms. The fourth-order valence-electron chi connectivity index (χ4n) is 4.04. The maximum Gasteiger partial charge on any atom is 0.251 e. The summed E-state index contributed by atoms with van der Waals surface area (Å²) < 4.78 is 6.11. The number of carbonyl (C=O) groups excluding carboxylic acids is 2. The van der Waals surface area contributed by atoms with E-state index in [9.17, 15) is 9.59 Å². The number of nitrogens with zero attached hydrogens (tertiary/aromatic N) is 1. The molecule has 2 aromatic carbocycles. The molecule has 0 saturated carbocycles. The van der Waals surface area contributed by atoms with Gasteiger partial charge in [-0.2, -0.15) is 0 Å². The van der Waals surface area contributed by atoms with E-state index in [4.69, 9.17) is 4.74 Å². The van der Waals surface area contributed by atoms with Gasteiger partial charge in [-0.1, -0.05) is 12.1 Å². The largest absolute Gasteiger partial charge is 0.487 e. The number of aryl methyl sites for hydroxylation is 1. The van der Waals surface area contributed by atoms with Crippen LogP contribution in [0.5, 0.6) is 5.75 Å². The molecule has 1 atom stereocenters. The minimum absolute atomic E-state index is 0.105. The van der Waals surface area contributed by atoms with Gasteiger partial charge in [0.05, 0.1) is 6.04 Å². The highest BCUT2D eigenvalue weighted by Gasteiger charge is 2.34. The van der Waals surface area contributed by atoms with Crippen LogP contribution >= 0.6 is 0 Å². The topological polar surface area (TPSA) is 58.6 Å². The van der Waals surface area contributed by atoms with Crippen LogP contribution in [0.3, 0.4) is 0 Å². The van der Waals surface area contributed by atoms with E-state index in [0.29, 0.717) is 18.4 Å². The first-order valence-electron chi connectivity index (χ1n) is 9.83. The number of hydrogen-bond donors (Lipinski definition) is 1. The second-order valence-electron chi connectivity index (χ2n) is 8.33. The summed E-state index contributed by atoms with van der Waals surface area (Å²) >= 11 is 0. The Morgan fingerprint density at radius 3 is 2.61 bits per heavy atom. The third kappa shape index (κ3) is 3.61. The molecule has 1 N–H and O–H groups in total. The third-order valence-electron chi connectivity index (χ3n) is 5.45. The van der Waals surface area contributed by atoms with Crippen molar-refractivity contribution in [2.75, 3.05) is 11.4 Å². The molecule has 146 valence electrons. The molecular weight excluding hydrogens is 352 g/mol. The van der Waals surface area contributed by atoms with Crippen molar-refractivity contribution in [3.05, 3.63) is 59.2 Å². The second kappa shape index (κ2) is 6.97. The molecule has 5 heteroatoms. The van der Waals surface area contributed by atoms with Crippen LogP contribution in [-0.2, 0) is 4.79 Å². The van der Waals surface area contributed by atoms with Crippen LogP contribution in [-0.4, -0.2) is 24.0 Å². The molecule has 0 aromatic heterocycles. The Morgan fingerprint density at radius 2 is 1.93 bits per heavy atom. The normalized spacial score (nSPS) is 20.5. The number of rotatable bonds is 3. The lowest BCUT2D eigenvalue weighted by atomic mass is 9.89. The fourth-order valence-corrected chi connectivity index (χ4v) is 4.04. The van der Waals surface area contributed by atoms with Gasteiger partial charge in [-0.3, -0.25) is 9.59 Å². The molecule has 1 saturated heterocycles. The summed E-state index contributed by atoms with van der Waals surface area (Å²) in [5.41, 5.74) is 3.24. The summed E-state index contributed by atoms with van der Waals surface area (Å²) in [6.45, 7) is 6.86. The molecule has 5 nitrogen and oxygen atoms in total. The monoisotopic (exact) mass is 378 g/mol. The quantitative estimate of drug-likeness (QED) is 0.873. The predicted octanol–water partition coefficient (Wildman–Crippen LogP) is 4.15. The minimum atomic E-state index is -0.348. The van der Waals surface area contributed by atoms with Crippen LogP contribution in [0, 0.1) is 6.92 Å². The van der Waals surface area contributed by atoms with Crippen molar-refractivity contribution in [2.24, 2.45) is 0 Å². The van der Waals surface area contributed by atoms with Gasteiger partial charge in [-0.05, 0) is 63.1 Å². The molecule has 0 radical (unpaired) electrons. The number of anilines is 1. The Balaban J connectivity index is 1.53. The zero-order valence-corrected chi connectivity index (χ0v) is 16.6. The van der Waals surface area contributed by atoms with E-state index < -0.39 is 0 Å². The highest BCUT2D eigenvalue weighted by Crippen LogP contribution is 2.40. The summed E-state index contributed by atoms with van der Waals surface area (Å²) in [5, 5.41) is 3.16. The van der Waals surface area contributed by atoms with Crippen molar-refractivity contribution in [1.29, 1.82) is 0 Å². The maximum absolute atomic E-state index is 12.9. The average molecular weight is 378 g/mol. The molecule has 2 aliphatic rings. The number of nitrogens with one attached hydrogen (secondary N) is 1. The van der Waals surface area contributed by atoms with E-state index in [-0.39, 0.29) is 23.5 Å². The molecule has 2 amide bonds. The van der Waals surface area contributed by atoms with Crippen LogP contribution in [0.25, 0.3) is 0 Å². The van der Waals surface area contributed by atoms with Gasteiger partial charge in [0, 0.05) is 36.2 Å². The lowest BCUT2D eigenvalue weighted by Gasteiger charge is -2.38. The zero-order chi connectivity index (χ0) is 19.9. The van der Waals surface area contributed by atoms with Gasteiger partial charge < -0.3 is 15.0 Å². The lowest BCUT2D eigenvalue weighted by molar-refractivity contribution is -0.117. The van der Waals surface area contributed by atoms with Gasteiger partial charge in [0.1, 0.15) is 11.4 Å². The van der Waals surface area contributed by atoms with E-state index in [2.05, 4.69) is 5.32 Å². The molecule has 0 aliphatic carbocycles. The van der Waals surface area contributed by atoms with Crippen LogP contribution < -0.4 is 15.0 Å². The molecule has 2 aliphatic heterocycles. The first-order chi connectivity index (χ1) is 13.3.